The zero-order chi connectivity index (χ0) is 17.2. The highest BCUT2D eigenvalue weighted by molar-refractivity contribution is 5.82. The van der Waals surface area contributed by atoms with Gasteiger partial charge in [-0.1, -0.05) is 69.7 Å². The molecule has 0 aliphatic carbocycles. The average molecular weight is 323 g/mol. The SMILES string of the molecule is C=O.CCC.CCc1ccc2ccccc2c1.CNCCO.O. The second kappa shape index (κ2) is 20.2. The van der Waals surface area contributed by atoms with Gasteiger partial charge >= 0.3 is 0 Å². The van der Waals surface area contributed by atoms with Crippen LogP contribution < -0.4 is 5.32 Å². The molecule has 0 saturated heterocycles. The van der Waals surface area contributed by atoms with Crippen molar-refractivity contribution in [2.24, 2.45) is 0 Å². The van der Waals surface area contributed by atoms with E-state index in [9.17, 15) is 0 Å². The Hall–Kier alpha value is -1.75. The lowest BCUT2D eigenvalue weighted by Crippen LogP contribution is -2.10. The number of aliphatic hydroxyl groups is 1. The van der Waals surface area contributed by atoms with Crippen LogP contribution in [-0.4, -0.2) is 37.6 Å². The molecule has 0 aromatic heterocycles. The normalized spacial score (nSPS) is 8.22. The van der Waals surface area contributed by atoms with Gasteiger partial charge in [-0.2, -0.15) is 0 Å². The van der Waals surface area contributed by atoms with Crippen molar-refractivity contribution in [1.82, 2.24) is 5.32 Å². The molecule has 0 heterocycles. The standard InChI is InChI=1S/C12H12.C3H9NO.C3H8.CH2O.H2O/c1-2-10-7-8-11-5-3-4-6-12(11)9-10;1-4-2-3-5;1-3-2;1-2;/h3-9H,2H2,1H3;4-5H,2-3H2,1H3;3H2,1-2H3;1H2;1H2. The zero-order valence-electron chi connectivity index (χ0n) is 14.9. The first-order valence-electron chi connectivity index (χ1n) is 7.75. The second-order valence-corrected chi connectivity index (χ2v) is 4.57. The van der Waals surface area contributed by atoms with Gasteiger partial charge in [0.05, 0.1) is 6.61 Å². The fourth-order valence-electron chi connectivity index (χ4n) is 1.57. The van der Waals surface area contributed by atoms with Crippen molar-refractivity contribution in [1.29, 1.82) is 0 Å². The van der Waals surface area contributed by atoms with Crippen LogP contribution in [0.3, 0.4) is 0 Å². The summed E-state index contributed by atoms with van der Waals surface area (Å²) in [6.07, 6.45) is 2.37. The van der Waals surface area contributed by atoms with Gasteiger partial charge in [-0.05, 0) is 29.8 Å². The fourth-order valence-corrected chi connectivity index (χ4v) is 1.57. The summed E-state index contributed by atoms with van der Waals surface area (Å²) in [4.78, 5) is 8.00. The highest BCUT2D eigenvalue weighted by atomic mass is 16.3. The van der Waals surface area contributed by atoms with Crippen LogP contribution in [0, 0.1) is 0 Å². The molecule has 0 saturated carbocycles. The number of likely N-dealkylation sites (N-methyl/N-ethyl adjacent to an activating group) is 1. The number of aryl methyl sites for hydroxylation is 1. The number of fused-ring (bicyclic) bond motifs is 1. The lowest BCUT2D eigenvalue weighted by atomic mass is 10.1. The Morgan fingerprint density at radius 3 is 1.91 bits per heavy atom. The van der Waals surface area contributed by atoms with Crippen molar-refractivity contribution in [3.8, 4) is 0 Å². The molecular weight excluding hydrogens is 290 g/mol. The van der Waals surface area contributed by atoms with Crippen LogP contribution in [0.5, 0.6) is 0 Å². The molecule has 0 amide bonds. The van der Waals surface area contributed by atoms with E-state index >= 15 is 0 Å². The summed E-state index contributed by atoms with van der Waals surface area (Å²) in [6, 6.07) is 15.1. The molecule has 0 bridgehead atoms. The number of carbonyl (C=O) groups excluding carboxylic acids is 1. The molecule has 2 aromatic carbocycles. The quantitative estimate of drug-likeness (QED) is 0.911. The van der Waals surface area contributed by atoms with Crippen LogP contribution in [0.25, 0.3) is 10.8 Å². The molecule has 0 radical (unpaired) electrons. The lowest BCUT2D eigenvalue weighted by Gasteiger charge is -1.99. The van der Waals surface area contributed by atoms with E-state index in [2.05, 4.69) is 68.6 Å². The maximum atomic E-state index is 8.00. The Morgan fingerprint density at radius 1 is 1.00 bits per heavy atom. The van der Waals surface area contributed by atoms with E-state index in [4.69, 9.17) is 9.90 Å². The molecule has 0 fully saturated rings. The third kappa shape index (κ3) is 13.6. The van der Waals surface area contributed by atoms with Crippen molar-refractivity contribution in [2.45, 2.75) is 33.6 Å². The van der Waals surface area contributed by atoms with Crippen LogP contribution in [0.15, 0.2) is 42.5 Å². The summed E-state index contributed by atoms with van der Waals surface area (Å²) in [5.74, 6) is 0. The van der Waals surface area contributed by atoms with Gasteiger partial charge in [-0.15, -0.1) is 0 Å². The minimum Gasteiger partial charge on any atom is -0.412 e. The maximum absolute atomic E-state index is 8.00. The summed E-state index contributed by atoms with van der Waals surface area (Å²) in [6.45, 7) is 9.36. The van der Waals surface area contributed by atoms with Gasteiger partial charge in [0.2, 0.25) is 0 Å². The Kier molecular flexibility index (Phi) is 23.0. The van der Waals surface area contributed by atoms with E-state index < -0.39 is 0 Å². The van der Waals surface area contributed by atoms with Gasteiger partial charge in [0.15, 0.2) is 0 Å². The first-order valence-corrected chi connectivity index (χ1v) is 7.75. The molecule has 0 unspecified atom stereocenters. The van der Waals surface area contributed by atoms with Gasteiger partial charge in [-0.3, -0.25) is 0 Å². The molecule has 4 nitrogen and oxygen atoms in total. The van der Waals surface area contributed by atoms with Crippen LogP contribution in [-0.2, 0) is 11.2 Å². The predicted molar refractivity (Wildman–Crippen MR) is 101 cm³/mol. The molecule has 132 valence electrons. The number of nitrogens with one attached hydrogen (secondary N) is 1. The van der Waals surface area contributed by atoms with E-state index in [1.54, 1.807) is 7.05 Å². The van der Waals surface area contributed by atoms with Gasteiger partial charge in [-0.25, -0.2) is 0 Å². The minimum absolute atomic E-state index is 0. The lowest BCUT2D eigenvalue weighted by molar-refractivity contribution is -0.0979. The first kappa shape index (κ1) is 26.2. The van der Waals surface area contributed by atoms with E-state index in [1.807, 2.05) is 6.79 Å². The molecule has 0 aliphatic heterocycles. The number of carbonyl (C=O) groups is 1. The van der Waals surface area contributed by atoms with Crippen LogP contribution in [0.4, 0.5) is 0 Å². The van der Waals surface area contributed by atoms with Crippen molar-refractivity contribution in [3.05, 3.63) is 48.0 Å². The molecule has 4 heteroatoms. The van der Waals surface area contributed by atoms with Crippen LogP contribution >= 0.6 is 0 Å². The van der Waals surface area contributed by atoms with E-state index in [0.29, 0.717) is 6.54 Å². The minimum atomic E-state index is 0. The topological polar surface area (TPSA) is 80.8 Å². The molecule has 23 heavy (non-hydrogen) atoms. The van der Waals surface area contributed by atoms with Crippen LogP contribution in [0.1, 0.15) is 32.8 Å². The zero-order valence-corrected chi connectivity index (χ0v) is 14.9. The third-order valence-electron chi connectivity index (χ3n) is 2.58. The molecular formula is C19H33NO3. The number of benzene rings is 2. The summed E-state index contributed by atoms with van der Waals surface area (Å²) in [5.41, 5.74) is 1.41. The maximum Gasteiger partial charge on any atom is 0.106 e. The Labute approximate surface area is 140 Å². The molecule has 0 aliphatic rings. The van der Waals surface area contributed by atoms with Gasteiger partial charge in [0, 0.05) is 6.54 Å². The molecule has 2 aromatic rings. The molecule has 0 spiro atoms. The van der Waals surface area contributed by atoms with E-state index in [0.717, 1.165) is 6.42 Å². The Bertz CT molecular complexity index is 473. The number of aliphatic hydroxyl groups excluding tert-OH is 1. The van der Waals surface area contributed by atoms with Gasteiger partial charge < -0.3 is 20.7 Å². The van der Waals surface area contributed by atoms with Crippen molar-refractivity contribution in [2.75, 3.05) is 20.2 Å². The van der Waals surface area contributed by atoms with E-state index in [-0.39, 0.29) is 12.1 Å². The highest BCUT2D eigenvalue weighted by Gasteiger charge is 1.92. The summed E-state index contributed by atoms with van der Waals surface area (Å²) >= 11 is 0. The van der Waals surface area contributed by atoms with E-state index in [1.165, 1.54) is 22.8 Å². The third-order valence-corrected chi connectivity index (χ3v) is 2.58. The largest absolute Gasteiger partial charge is 0.412 e. The van der Waals surface area contributed by atoms with Gasteiger partial charge in [0.1, 0.15) is 6.79 Å². The Balaban J connectivity index is -0.000000310. The van der Waals surface area contributed by atoms with Crippen molar-refractivity contribution < 1.29 is 15.4 Å². The van der Waals surface area contributed by atoms with Crippen LogP contribution in [0.2, 0.25) is 0 Å². The summed E-state index contributed by atoms with van der Waals surface area (Å²) < 4.78 is 0. The first-order chi connectivity index (χ1) is 10.7. The van der Waals surface area contributed by atoms with Crippen molar-refractivity contribution >= 4 is 17.6 Å². The fraction of sp³-hybridized carbons (Fsp3) is 0.421. The van der Waals surface area contributed by atoms with Gasteiger partial charge in [0.25, 0.3) is 0 Å². The highest BCUT2D eigenvalue weighted by Crippen LogP contribution is 2.15. The van der Waals surface area contributed by atoms with Crippen molar-refractivity contribution in [3.63, 3.8) is 0 Å². The second-order valence-electron chi connectivity index (χ2n) is 4.57. The molecule has 2 rings (SSSR count). The number of hydrogen-bond donors (Lipinski definition) is 2. The smallest absolute Gasteiger partial charge is 0.106 e. The summed E-state index contributed by atoms with van der Waals surface area (Å²) in [7, 11) is 1.80. The number of hydrogen-bond acceptors (Lipinski definition) is 3. The average Bonchev–Trinajstić information content (AvgIpc) is 2.58. The summed E-state index contributed by atoms with van der Waals surface area (Å²) in [5, 5.41) is 13.4. The molecule has 4 N–H and O–H groups in total. The number of rotatable bonds is 3. The predicted octanol–water partition coefficient (Wildman–Crippen LogP) is 3.01. The molecule has 0 atom stereocenters. The Morgan fingerprint density at radius 2 is 1.52 bits per heavy atom. The monoisotopic (exact) mass is 323 g/mol.